The van der Waals surface area contributed by atoms with E-state index in [1.807, 2.05) is 7.05 Å². The normalized spacial score (nSPS) is 10.4. The number of carbonyl (C=O) groups excluding carboxylic acids is 1. The minimum atomic E-state index is 0.240. The van der Waals surface area contributed by atoms with Crippen molar-refractivity contribution < 1.29 is 9.53 Å². The van der Waals surface area contributed by atoms with Crippen molar-refractivity contribution in [1.82, 2.24) is 4.90 Å². The summed E-state index contributed by atoms with van der Waals surface area (Å²) in [4.78, 5) is 13.4. The zero-order chi connectivity index (χ0) is 12.2. The van der Waals surface area contributed by atoms with Crippen LogP contribution in [0.15, 0.2) is 0 Å². The molecule has 0 radical (unpaired) electrons. The van der Waals surface area contributed by atoms with Gasteiger partial charge >= 0.3 is 0 Å². The van der Waals surface area contributed by atoms with E-state index in [0.29, 0.717) is 13.0 Å². The number of ether oxygens (including phenoxy) is 1. The Bertz CT molecular complexity index is 174. The molecule has 0 rings (SSSR count). The molecule has 96 valence electrons. The summed E-state index contributed by atoms with van der Waals surface area (Å²) in [5.41, 5.74) is 5.40. The average molecular weight is 230 g/mol. The number of nitrogens with zero attached hydrogens (tertiary/aromatic N) is 1. The largest absolute Gasteiger partial charge is 0.385 e. The van der Waals surface area contributed by atoms with Gasteiger partial charge in [0.2, 0.25) is 5.91 Å². The van der Waals surface area contributed by atoms with Gasteiger partial charge in [-0.1, -0.05) is 12.8 Å². The third kappa shape index (κ3) is 8.68. The highest BCUT2D eigenvalue weighted by molar-refractivity contribution is 5.75. The van der Waals surface area contributed by atoms with Gasteiger partial charge in [-0.2, -0.15) is 0 Å². The summed E-state index contributed by atoms with van der Waals surface area (Å²) >= 11 is 0. The number of hydrogen-bond donors (Lipinski definition) is 1. The molecule has 0 saturated heterocycles. The Morgan fingerprint density at radius 1 is 1.19 bits per heavy atom. The lowest BCUT2D eigenvalue weighted by Gasteiger charge is -2.16. The number of methoxy groups -OCH3 is 1. The summed E-state index contributed by atoms with van der Waals surface area (Å²) < 4.78 is 4.95. The van der Waals surface area contributed by atoms with Gasteiger partial charge in [0.05, 0.1) is 0 Å². The molecule has 0 aliphatic carbocycles. The van der Waals surface area contributed by atoms with E-state index in [2.05, 4.69) is 0 Å². The highest BCUT2D eigenvalue weighted by atomic mass is 16.5. The van der Waals surface area contributed by atoms with Gasteiger partial charge in [0.1, 0.15) is 0 Å². The van der Waals surface area contributed by atoms with Crippen molar-refractivity contribution in [1.29, 1.82) is 0 Å². The van der Waals surface area contributed by atoms with Crippen molar-refractivity contribution >= 4 is 5.91 Å². The van der Waals surface area contributed by atoms with E-state index < -0.39 is 0 Å². The van der Waals surface area contributed by atoms with Crippen molar-refractivity contribution in [3.63, 3.8) is 0 Å². The van der Waals surface area contributed by atoms with Crippen LogP contribution in [0.25, 0.3) is 0 Å². The fraction of sp³-hybridized carbons (Fsp3) is 0.917. The lowest BCUT2D eigenvalue weighted by atomic mass is 10.1. The zero-order valence-electron chi connectivity index (χ0n) is 10.7. The molecular formula is C12H26N2O2. The highest BCUT2D eigenvalue weighted by Gasteiger charge is 2.07. The molecule has 0 unspecified atom stereocenters. The monoisotopic (exact) mass is 230 g/mol. The molecule has 0 fully saturated rings. The van der Waals surface area contributed by atoms with Crippen molar-refractivity contribution in [2.45, 2.75) is 38.5 Å². The molecule has 0 bridgehead atoms. The summed E-state index contributed by atoms with van der Waals surface area (Å²) in [6, 6.07) is 0. The van der Waals surface area contributed by atoms with Crippen LogP contribution in [0.1, 0.15) is 38.5 Å². The number of unbranched alkanes of at least 4 members (excludes halogenated alkanes) is 3. The van der Waals surface area contributed by atoms with E-state index in [0.717, 1.165) is 45.2 Å². The number of carbonyl (C=O) groups is 1. The van der Waals surface area contributed by atoms with Crippen LogP contribution in [0.5, 0.6) is 0 Å². The van der Waals surface area contributed by atoms with Gasteiger partial charge < -0.3 is 15.4 Å². The van der Waals surface area contributed by atoms with Crippen LogP contribution in [-0.2, 0) is 9.53 Å². The van der Waals surface area contributed by atoms with E-state index in [1.165, 1.54) is 0 Å². The lowest BCUT2D eigenvalue weighted by molar-refractivity contribution is -0.130. The Morgan fingerprint density at radius 2 is 1.88 bits per heavy atom. The summed E-state index contributed by atoms with van der Waals surface area (Å²) in [7, 11) is 3.54. The molecular weight excluding hydrogens is 204 g/mol. The second kappa shape index (κ2) is 10.9. The Morgan fingerprint density at radius 3 is 2.50 bits per heavy atom. The number of amides is 1. The Kier molecular flexibility index (Phi) is 10.5. The van der Waals surface area contributed by atoms with Gasteiger partial charge in [0.25, 0.3) is 0 Å². The van der Waals surface area contributed by atoms with Crippen LogP contribution >= 0.6 is 0 Å². The molecule has 4 nitrogen and oxygen atoms in total. The topological polar surface area (TPSA) is 55.6 Å². The molecule has 0 heterocycles. The van der Waals surface area contributed by atoms with Crippen LogP contribution in [-0.4, -0.2) is 44.7 Å². The van der Waals surface area contributed by atoms with Crippen molar-refractivity contribution in [2.24, 2.45) is 5.73 Å². The van der Waals surface area contributed by atoms with E-state index >= 15 is 0 Å². The van der Waals surface area contributed by atoms with E-state index in [4.69, 9.17) is 10.5 Å². The molecule has 2 N–H and O–H groups in total. The smallest absolute Gasteiger partial charge is 0.222 e. The highest BCUT2D eigenvalue weighted by Crippen LogP contribution is 2.04. The van der Waals surface area contributed by atoms with Crippen LogP contribution < -0.4 is 5.73 Å². The molecule has 1 amide bonds. The molecule has 0 aliphatic heterocycles. The van der Waals surface area contributed by atoms with Crippen LogP contribution in [0, 0.1) is 0 Å². The number of nitrogens with two attached hydrogens (primary N) is 1. The maximum absolute atomic E-state index is 11.6. The quantitative estimate of drug-likeness (QED) is 0.577. The van der Waals surface area contributed by atoms with Gasteiger partial charge in [0.15, 0.2) is 0 Å². The number of rotatable bonds is 10. The third-order valence-corrected chi connectivity index (χ3v) is 2.61. The van der Waals surface area contributed by atoms with E-state index in [-0.39, 0.29) is 5.91 Å². The molecule has 4 heteroatoms. The van der Waals surface area contributed by atoms with Gasteiger partial charge in [-0.05, 0) is 25.8 Å². The van der Waals surface area contributed by atoms with Gasteiger partial charge in [-0.3, -0.25) is 4.79 Å². The Hall–Kier alpha value is -0.610. The maximum Gasteiger partial charge on any atom is 0.222 e. The van der Waals surface area contributed by atoms with E-state index in [9.17, 15) is 4.79 Å². The fourth-order valence-corrected chi connectivity index (χ4v) is 1.54. The Balaban J connectivity index is 3.40. The molecule has 0 atom stereocenters. The predicted molar refractivity (Wildman–Crippen MR) is 66.3 cm³/mol. The predicted octanol–water partition coefficient (Wildman–Crippen LogP) is 1.39. The molecule has 0 saturated carbocycles. The molecule has 0 aromatic carbocycles. The summed E-state index contributed by atoms with van der Waals surface area (Å²) in [6.45, 7) is 2.26. The second-order valence-corrected chi connectivity index (χ2v) is 4.11. The minimum Gasteiger partial charge on any atom is -0.385 e. The summed E-state index contributed by atoms with van der Waals surface area (Å²) in [5, 5.41) is 0. The SMILES string of the molecule is COCCCN(C)C(=O)CCCCCCN. The lowest BCUT2D eigenvalue weighted by Crippen LogP contribution is -2.28. The number of hydrogen-bond acceptors (Lipinski definition) is 3. The first-order valence-corrected chi connectivity index (χ1v) is 6.15. The fourth-order valence-electron chi connectivity index (χ4n) is 1.54. The first-order valence-electron chi connectivity index (χ1n) is 6.15. The van der Waals surface area contributed by atoms with Gasteiger partial charge in [0, 0.05) is 33.7 Å². The third-order valence-electron chi connectivity index (χ3n) is 2.61. The van der Waals surface area contributed by atoms with Crippen molar-refractivity contribution in [3.8, 4) is 0 Å². The standard InChI is InChI=1S/C12H26N2O2/c1-14(10-7-11-16-2)12(15)8-5-3-4-6-9-13/h3-11,13H2,1-2H3. The van der Waals surface area contributed by atoms with Crippen LogP contribution in [0.2, 0.25) is 0 Å². The summed E-state index contributed by atoms with van der Waals surface area (Å²) in [5.74, 6) is 0.240. The molecule has 0 aliphatic rings. The Labute approximate surface area is 99.1 Å². The van der Waals surface area contributed by atoms with Gasteiger partial charge in [-0.15, -0.1) is 0 Å². The van der Waals surface area contributed by atoms with Crippen LogP contribution in [0.3, 0.4) is 0 Å². The van der Waals surface area contributed by atoms with Crippen LogP contribution in [0.4, 0.5) is 0 Å². The molecule has 0 aromatic heterocycles. The van der Waals surface area contributed by atoms with Gasteiger partial charge in [-0.25, -0.2) is 0 Å². The van der Waals surface area contributed by atoms with Crippen molar-refractivity contribution in [3.05, 3.63) is 0 Å². The molecule has 16 heavy (non-hydrogen) atoms. The molecule has 0 aromatic rings. The summed E-state index contributed by atoms with van der Waals surface area (Å²) in [6.07, 6.45) is 5.86. The first-order chi connectivity index (χ1) is 7.72. The first kappa shape index (κ1) is 15.4. The van der Waals surface area contributed by atoms with E-state index in [1.54, 1.807) is 12.0 Å². The zero-order valence-corrected chi connectivity index (χ0v) is 10.7. The average Bonchev–Trinajstić information content (AvgIpc) is 2.28. The molecule has 0 spiro atoms. The van der Waals surface area contributed by atoms with Crippen molar-refractivity contribution in [2.75, 3.05) is 33.9 Å². The maximum atomic E-state index is 11.6. The minimum absolute atomic E-state index is 0.240. The second-order valence-electron chi connectivity index (χ2n) is 4.11.